The highest BCUT2D eigenvalue weighted by Crippen LogP contribution is 2.37. The molecule has 1 aliphatic heterocycles. The van der Waals surface area contributed by atoms with Crippen molar-refractivity contribution in [1.82, 2.24) is 20.4 Å². The zero-order valence-corrected chi connectivity index (χ0v) is 17.5. The maximum atomic E-state index is 12.6. The zero-order valence-electron chi connectivity index (χ0n) is 17.5. The number of piperidine rings is 1. The monoisotopic (exact) mass is 389 g/mol. The molecule has 0 saturated carbocycles. The van der Waals surface area contributed by atoms with E-state index in [9.17, 15) is 9.59 Å². The summed E-state index contributed by atoms with van der Waals surface area (Å²) in [5.41, 5.74) is 8.43. The summed E-state index contributed by atoms with van der Waals surface area (Å²) in [6.07, 6.45) is 5.62. The normalized spacial score (nSPS) is 21.3. The highest BCUT2D eigenvalue weighted by molar-refractivity contribution is 5.94. The molecule has 0 unspecified atom stereocenters. The number of carbonyl (C=O) groups is 2. The van der Waals surface area contributed by atoms with Crippen LogP contribution in [0, 0.1) is 17.3 Å². The van der Waals surface area contributed by atoms with Crippen molar-refractivity contribution in [3.63, 3.8) is 0 Å². The summed E-state index contributed by atoms with van der Waals surface area (Å²) in [6, 6.07) is 0. The fraction of sp³-hybridized carbons (Fsp3) is 0.762. The van der Waals surface area contributed by atoms with Crippen LogP contribution in [0.4, 0.5) is 0 Å². The van der Waals surface area contributed by atoms with E-state index in [1.165, 1.54) is 0 Å². The number of H-pyrrole nitrogens is 1. The maximum Gasteiger partial charge on any atom is 0.272 e. The summed E-state index contributed by atoms with van der Waals surface area (Å²) >= 11 is 0. The van der Waals surface area contributed by atoms with Gasteiger partial charge in [0.25, 0.3) is 5.91 Å². The van der Waals surface area contributed by atoms with Gasteiger partial charge in [-0.3, -0.25) is 14.7 Å². The quantitative estimate of drug-likeness (QED) is 0.646. The third kappa shape index (κ3) is 4.93. The van der Waals surface area contributed by atoms with Gasteiger partial charge in [-0.25, -0.2) is 0 Å². The average Bonchev–Trinajstić information content (AvgIpc) is 3.08. The minimum absolute atomic E-state index is 0.0266. The molecule has 0 aromatic carbocycles. The topological polar surface area (TPSA) is 104 Å². The van der Waals surface area contributed by atoms with Crippen molar-refractivity contribution in [3.05, 3.63) is 17.0 Å². The molecule has 1 saturated heterocycles. The number of rotatable bonds is 6. The van der Waals surface area contributed by atoms with Gasteiger partial charge in [-0.2, -0.15) is 5.10 Å². The molecule has 1 atom stereocenters. The lowest BCUT2D eigenvalue weighted by Gasteiger charge is -2.33. The van der Waals surface area contributed by atoms with E-state index < -0.39 is 0 Å². The maximum absolute atomic E-state index is 12.6. The number of hydrogen-bond acceptors (Lipinski definition) is 4. The molecule has 1 aromatic rings. The molecule has 0 spiro atoms. The van der Waals surface area contributed by atoms with Crippen molar-refractivity contribution >= 4 is 11.8 Å². The first kappa shape index (κ1) is 20.8. The van der Waals surface area contributed by atoms with Crippen molar-refractivity contribution in [1.29, 1.82) is 0 Å². The number of aromatic nitrogens is 2. The van der Waals surface area contributed by atoms with Gasteiger partial charge in [0.15, 0.2) is 5.69 Å². The van der Waals surface area contributed by atoms with E-state index in [0.717, 1.165) is 69.4 Å². The summed E-state index contributed by atoms with van der Waals surface area (Å²) in [5.74, 6) is 0.355. The molecule has 0 radical (unpaired) electrons. The smallest absolute Gasteiger partial charge is 0.272 e. The molecule has 4 N–H and O–H groups in total. The molecule has 3 rings (SSSR count). The van der Waals surface area contributed by atoms with Gasteiger partial charge in [-0.05, 0) is 69.5 Å². The van der Waals surface area contributed by atoms with Gasteiger partial charge in [0.05, 0.1) is 0 Å². The summed E-state index contributed by atoms with van der Waals surface area (Å²) in [6.45, 7) is 10.2. The second kappa shape index (κ2) is 8.64. The molecule has 2 amide bonds. The molecule has 7 nitrogen and oxygen atoms in total. The molecule has 156 valence electrons. The minimum Gasteiger partial charge on any atom is -0.369 e. The number of likely N-dealkylation sites (tertiary alicyclic amines) is 1. The van der Waals surface area contributed by atoms with Crippen LogP contribution in [0.2, 0.25) is 0 Å². The second-order valence-corrected chi connectivity index (χ2v) is 9.46. The van der Waals surface area contributed by atoms with Crippen molar-refractivity contribution in [2.75, 3.05) is 26.2 Å². The lowest BCUT2D eigenvalue weighted by atomic mass is 9.71. The highest BCUT2D eigenvalue weighted by atomic mass is 16.2. The summed E-state index contributed by atoms with van der Waals surface area (Å²) in [5, 5.41) is 10.4. The molecule has 1 aliphatic carbocycles. The Morgan fingerprint density at radius 2 is 1.96 bits per heavy atom. The number of hydrogen-bond donors (Lipinski definition) is 3. The lowest BCUT2D eigenvalue weighted by molar-refractivity contribution is -0.123. The van der Waals surface area contributed by atoms with Crippen LogP contribution >= 0.6 is 0 Å². The third-order valence-electron chi connectivity index (χ3n) is 6.51. The van der Waals surface area contributed by atoms with Gasteiger partial charge < -0.3 is 16.0 Å². The van der Waals surface area contributed by atoms with Crippen molar-refractivity contribution in [2.45, 2.75) is 59.3 Å². The Bertz CT molecular complexity index is 698. The number of carbonyl (C=O) groups excluding carboxylic acids is 2. The van der Waals surface area contributed by atoms with Crippen LogP contribution in [-0.4, -0.2) is 53.1 Å². The first-order chi connectivity index (χ1) is 13.3. The summed E-state index contributed by atoms with van der Waals surface area (Å²) < 4.78 is 0. The predicted molar refractivity (Wildman–Crippen MR) is 109 cm³/mol. The van der Waals surface area contributed by atoms with E-state index in [4.69, 9.17) is 5.73 Å². The van der Waals surface area contributed by atoms with Crippen LogP contribution in [0.25, 0.3) is 0 Å². The van der Waals surface area contributed by atoms with Crippen molar-refractivity contribution in [2.24, 2.45) is 23.0 Å². The van der Waals surface area contributed by atoms with Crippen LogP contribution in [0.1, 0.15) is 68.2 Å². The average molecular weight is 390 g/mol. The Morgan fingerprint density at radius 3 is 2.61 bits per heavy atom. The first-order valence-corrected chi connectivity index (χ1v) is 10.6. The number of amides is 2. The van der Waals surface area contributed by atoms with E-state index in [2.05, 4.69) is 41.2 Å². The molecule has 7 heteroatoms. The van der Waals surface area contributed by atoms with Gasteiger partial charge in [0.2, 0.25) is 5.91 Å². The number of aromatic amines is 1. The SMILES string of the molecule is CC(C)(C)[C@@H]1CCc2[nH]nc(C(=O)NCCCN3CCC(C(N)=O)CC3)c2C1. The molecular formula is C21H35N5O2. The standard InChI is InChI=1S/C21H35N5O2/c1-21(2,3)15-5-6-17-16(13-15)18(25-24-17)20(28)23-9-4-10-26-11-7-14(8-12-26)19(22)27/h14-15H,4-13H2,1-3H3,(H2,22,27)(H,23,28)(H,24,25)/t15-/m1/s1. The number of nitrogens with one attached hydrogen (secondary N) is 2. The van der Waals surface area contributed by atoms with E-state index in [-0.39, 0.29) is 23.1 Å². The van der Waals surface area contributed by atoms with Crippen LogP contribution in [0.15, 0.2) is 0 Å². The summed E-state index contributed by atoms with van der Waals surface area (Å²) in [4.78, 5) is 26.2. The molecular weight excluding hydrogens is 354 g/mol. The fourth-order valence-corrected chi connectivity index (χ4v) is 4.45. The number of fused-ring (bicyclic) bond motifs is 1. The Hall–Kier alpha value is -1.89. The highest BCUT2D eigenvalue weighted by Gasteiger charge is 2.32. The Labute approximate surface area is 167 Å². The summed E-state index contributed by atoms with van der Waals surface area (Å²) in [7, 11) is 0. The van der Waals surface area contributed by atoms with E-state index in [0.29, 0.717) is 18.2 Å². The Kier molecular flexibility index (Phi) is 6.43. The van der Waals surface area contributed by atoms with Gasteiger partial charge in [0, 0.05) is 23.7 Å². The zero-order chi connectivity index (χ0) is 20.3. The molecule has 1 fully saturated rings. The van der Waals surface area contributed by atoms with Crippen LogP contribution < -0.4 is 11.1 Å². The molecule has 2 heterocycles. The predicted octanol–water partition coefficient (Wildman–Crippen LogP) is 1.88. The van der Waals surface area contributed by atoms with Gasteiger partial charge in [0.1, 0.15) is 0 Å². The van der Waals surface area contributed by atoms with Crippen molar-refractivity contribution in [3.8, 4) is 0 Å². The number of nitrogens with zero attached hydrogens (tertiary/aromatic N) is 2. The first-order valence-electron chi connectivity index (χ1n) is 10.6. The number of aryl methyl sites for hydroxylation is 1. The Balaban J connectivity index is 1.44. The largest absolute Gasteiger partial charge is 0.369 e. The molecule has 1 aromatic heterocycles. The molecule has 0 bridgehead atoms. The minimum atomic E-state index is -0.178. The van der Waals surface area contributed by atoms with Crippen molar-refractivity contribution < 1.29 is 9.59 Å². The third-order valence-corrected chi connectivity index (χ3v) is 6.51. The van der Waals surface area contributed by atoms with Gasteiger partial charge in [-0.15, -0.1) is 0 Å². The van der Waals surface area contributed by atoms with E-state index >= 15 is 0 Å². The van der Waals surface area contributed by atoms with Gasteiger partial charge in [-0.1, -0.05) is 20.8 Å². The second-order valence-electron chi connectivity index (χ2n) is 9.46. The molecule has 28 heavy (non-hydrogen) atoms. The number of primary amides is 1. The van der Waals surface area contributed by atoms with Gasteiger partial charge >= 0.3 is 0 Å². The molecule has 2 aliphatic rings. The Morgan fingerprint density at radius 1 is 1.25 bits per heavy atom. The fourth-order valence-electron chi connectivity index (χ4n) is 4.45. The van der Waals surface area contributed by atoms with E-state index in [1.54, 1.807) is 0 Å². The van der Waals surface area contributed by atoms with E-state index in [1.807, 2.05) is 0 Å². The van der Waals surface area contributed by atoms with Crippen LogP contribution in [-0.2, 0) is 17.6 Å². The van der Waals surface area contributed by atoms with Crippen LogP contribution in [0.5, 0.6) is 0 Å². The number of nitrogens with two attached hydrogens (primary N) is 1. The van der Waals surface area contributed by atoms with Crippen LogP contribution in [0.3, 0.4) is 0 Å². The lowest BCUT2D eigenvalue weighted by Crippen LogP contribution is -2.39.